The molecule has 0 radical (unpaired) electrons. The number of rotatable bonds is 8. The van der Waals surface area contributed by atoms with Crippen molar-refractivity contribution in [3.63, 3.8) is 0 Å². The molecule has 0 spiro atoms. The Morgan fingerprint density at radius 3 is 2.54 bits per heavy atom. The van der Waals surface area contributed by atoms with Crippen LogP contribution in [0.5, 0.6) is 5.75 Å². The van der Waals surface area contributed by atoms with Crippen LogP contribution in [0.1, 0.15) is 57.7 Å². The molecule has 2 fully saturated rings. The van der Waals surface area contributed by atoms with Crippen molar-refractivity contribution in [2.45, 2.75) is 64.1 Å². The molecule has 1 aliphatic carbocycles. The number of amides is 2. The Bertz CT molecular complexity index is 1280. The number of β-amino-alcohol motifs (C(OH)–C–C–N with tert-alkyl or cyclic N) is 1. The maximum Gasteiger partial charge on any atom is 0.248 e. The van der Waals surface area contributed by atoms with Gasteiger partial charge in [0.25, 0.3) is 0 Å². The summed E-state index contributed by atoms with van der Waals surface area (Å²) in [6.07, 6.45) is 4.11. The number of benzene rings is 1. The van der Waals surface area contributed by atoms with E-state index in [1.54, 1.807) is 10.9 Å². The zero-order valence-corrected chi connectivity index (χ0v) is 22.4. The van der Waals surface area contributed by atoms with Crippen LogP contribution in [0.25, 0.3) is 0 Å². The van der Waals surface area contributed by atoms with Crippen molar-refractivity contribution in [2.75, 3.05) is 29.9 Å². The van der Waals surface area contributed by atoms with Crippen LogP contribution < -0.4 is 14.8 Å². The summed E-state index contributed by atoms with van der Waals surface area (Å²) in [5, 5.41) is 21.7. The summed E-state index contributed by atoms with van der Waals surface area (Å²) in [6.45, 7) is 5.75. The third kappa shape index (κ3) is 6.21. The predicted octanol–water partition coefficient (Wildman–Crippen LogP) is 1.72. The van der Waals surface area contributed by atoms with Crippen LogP contribution in [-0.4, -0.2) is 77.3 Å². The van der Waals surface area contributed by atoms with Crippen molar-refractivity contribution >= 4 is 33.2 Å². The van der Waals surface area contributed by atoms with Crippen LogP contribution in [0, 0.1) is 5.41 Å². The molecule has 202 valence electrons. The van der Waals surface area contributed by atoms with E-state index in [4.69, 9.17) is 4.74 Å². The number of aliphatic hydroxyl groups is 1. The topological polar surface area (TPSA) is 156 Å². The molecule has 2 amide bonds. The van der Waals surface area contributed by atoms with Gasteiger partial charge in [0.05, 0.1) is 36.5 Å². The van der Waals surface area contributed by atoms with E-state index in [2.05, 4.69) is 20.4 Å². The van der Waals surface area contributed by atoms with Crippen LogP contribution in [0.15, 0.2) is 24.4 Å². The van der Waals surface area contributed by atoms with E-state index in [-0.39, 0.29) is 30.2 Å². The molecule has 1 aliphatic heterocycles. The van der Waals surface area contributed by atoms with Crippen LogP contribution in [0.4, 0.5) is 11.4 Å². The standard InChI is InChI=1S/C24H34N6O6S/c1-24(2,3)21(30-13-18(26-28-30)14-6-7-14)23(33)29-12-16(31)11-19(29)22(32)25-17-10-15(27-37(5,34)35)8-9-20(17)36-4/h8-10,13-14,16,19,21,27,31H,6-7,11-12H2,1-5H3,(H,25,32)/t16-,19+,21-/m1/s1. The lowest BCUT2D eigenvalue weighted by Crippen LogP contribution is -2.49. The third-order valence-electron chi connectivity index (χ3n) is 6.47. The predicted molar refractivity (Wildman–Crippen MR) is 137 cm³/mol. The molecule has 0 bridgehead atoms. The molecule has 2 aromatic rings. The first-order valence-corrected chi connectivity index (χ1v) is 14.0. The smallest absolute Gasteiger partial charge is 0.248 e. The first-order valence-electron chi connectivity index (χ1n) is 12.1. The quantitative estimate of drug-likeness (QED) is 0.462. The zero-order chi connectivity index (χ0) is 27.1. The lowest BCUT2D eigenvalue weighted by atomic mass is 9.85. The minimum absolute atomic E-state index is 0.000484. The summed E-state index contributed by atoms with van der Waals surface area (Å²) >= 11 is 0. The van der Waals surface area contributed by atoms with Gasteiger partial charge in [-0.1, -0.05) is 26.0 Å². The highest BCUT2D eigenvalue weighted by atomic mass is 32.2. The minimum Gasteiger partial charge on any atom is -0.495 e. The van der Waals surface area contributed by atoms with E-state index in [0.29, 0.717) is 11.7 Å². The van der Waals surface area contributed by atoms with Gasteiger partial charge in [-0.05, 0) is 36.5 Å². The molecule has 3 N–H and O–H groups in total. The van der Waals surface area contributed by atoms with Crippen molar-refractivity contribution in [2.24, 2.45) is 5.41 Å². The number of hydrogen-bond acceptors (Lipinski definition) is 8. The molecular weight excluding hydrogens is 500 g/mol. The number of nitrogens with one attached hydrogen (secondary N) is 2. The highest BCUT2D eigenvalue weighted by Gasteiger charge is 2.45. The van der Waals surface area contributed by atoms with Crippen LogP contribution >= 0.6 is 0 Å². The van der Waals surface area contributed by atoms with Gasteiger partial charge in [-0.3, -0.25) is 14.3 Å². The summed E-state index contributed by atoms with van der Waals surface area (Å²) in [4.78, 5) is 28.7. The molecule has 1 saturated heterocycles. The average molecular weight is 535 g/mol. The summed E-state index contributed by atoms with van der Waals surface area (Å²) < 4.78 is 32.5. The van der Waals surface area contributed by atoms with Gasteiger partial charge in [-0.15, -0.1) is 5.10 Å². The van der Waals surface area contributed by atoms with Crippen molar-refractivity contribution in [1.82, 2.24) is 19.9 Å². The number of anilines is 2. The molecule has 1 aromatic heterocycles. The van der Waals surface area contributed by atoms with Gasteiger partial charge in [0.15, 0.2) is 0 Å². The van der Waals surface area contributed by atoms with Crippen molar-refractivity contribution in [1.29, 1.82) is 0 Å². The number of aliphatic hydroxyl groups excluding tert-OH is 1. The molecule has 13 heteroatoms. The van der Waals surface area contributed by atoms with Crippen molar-refractivity contribution in [3.05, 3.63) is 30.1 Å². The molecule has 3 atom stereocenters. The van der Waals surface area contributed by atoms with E-state index in [1.807, 2.05) is 20.8 Å². The number of methoxy groups -OCH3 is 1. The second kappa shape index (κ2) is 9.93. The fourth-order valence-electron chi connectivity index (χ4n) is 4.63. The van der Waals surface area contributed by atoms with Crippen LogP contribution in [0.3, 0.4) is 0 Å². The average Bonchev–Trinajstić information content (AvgIpc) is 3.39. The van der Waals surface area contributed by atoms with E-state index >= 15 is 0 Å². The SMILES string of the molecule is COc1ccc(NS(C)(=O)=O)cc1NC(=O)[C@@H]1C[C@@H](O)CN1C(=O)[C@@H](n1cc(C2CC2)nn1)C(C)(C)C. The minimum atomic E-state index is -3.54. The molecule has 1 saturated carbocycles. The first kappa shape index (κ1) is 26.9. The lowest BCUT2D eigenvalue weighted by molar-refractivity contribution is -0.142. The number of aromatic nitrogens is 3. The Balaban J connectivity index is 1.59. The monoisotopic (exact) mass is 534 g/mol. The molecule has 12 nitrogen and oxygen atoms in total. The van der Waals surface area contributed by atoms with E-state index in [0.717, 1.165) is 24.8 Å². The Labute approximate surface area is 216 Å². The van der Waals surface area contributed by atoms with E-state index in [1.165, 1.54) is 30.2 Å². The maximum atomic E-state index is 13.9. The number of carbonyl (C=O) groups is 2. The number of sulfonamides is 1. The van der Waals surface area contributed by atoms with Gasteiger partial charge in [0, 0.05) is 25.1 Å². The van der Waals surface area contributed by atoms with Gasteiger partial charge < -0.3 is 20.1 Å². The molecule has 37 heavy (non-hydrogen) atoms. The number of carbonyl (C=O) groups excluding carboxylic acids is 2. The van der Waals surface area contributed by atoms with Crippen molar-refractivity contribution in [3.8, 4) is 5.75 Å². The van der Waals surface area contributed by atoms with Gasteiger partial charge >= 0.3 is 0 Å². The summed E-state index contributed by atoms with van der Waals surface area (Å²) in [5.41, 5.74) is 0.776. The van der Waals surface area contributed by atoms with E-state index in [9.17, 15) is 23.1 Å². The summed E-state index contributed by atoms with van der Waals surface area (Å²) in [6, 6.07) is 2.78. The maximum absolute atomic E-state index is 13.9. The second-order valence-electron chi connectivity index (χ2n) is 10.8. The van der Waals surface area contributed by atoms with Gasteiger partial charge in [0.2, 0.25) is 21.8 Å². The number of nitrogens with zero attached hydrogens (tertiary/aromatic N) is 4. The molecular formula is C24H34N6O6S. The van der Waals surface area contributed by atoms with Crippen LogP contribution in [-0.2, 0) is 19.6 Å². The van der Waals surface area contributed by atoms with Gasteiger partial charge in [-0.2, -0.15) is 0 Å². The molecule has 0 unspecified atom stereocenters. The van der Waals surface area contributed by atoms with Crippen LogP contribution in [0.2, 0.25) is 0 Å². The highest BCUT2D eigenvalue weighted by molar-refractivity contribution is 7.92. The first-order chi connectivity index (χ1) is 17.3. The highest BCUT2D eigenvalue weighted by Crippen LogP contribution is 2.40. The number of ether oxygens (including phenoxy) is 1. The second-order valence-corrected chi connectivity index (χ2v) is 12.6. The molecule has 4 rings (SSSR count). The molecule has 1 aromatic carbocycles. The largest absolute Gasteiger partial charge is 0.495 e. The Kier molecular flexibility index (Phi) is 7.21. The third-order valence-corrected chi connectivity index (χ3v) is 7.07. The number of likely N-dealkylation sites (tertiary alicyclic amines) is 1. The van der Waals surface area contributed by atoms with E-state index < -0.39 is 39.5 Å². The fourth-order valence-corrected chi connectivity index (χ4v) is 5.18. The zero-order valence-electron chi connectivity index (χ0n) is 21.6. The lowest BCUT2D eigenvalue weighted by Gasteiger charge is -2.34. The van der Waals surface area contributed by atoms with Gasteiger partial charge in [-0.25, -0.2) is 13.1 Å². The summed E-state index contributed by atoms with van der Waals surface area (Å²) in [7, 11) is -2.12. The van der Waals surface area contributed by atoms with Crippen molar-refractivity contribution < 1.29 is 27.9 Å². The fraction of sp³-hybridized carbons (Fsp3) is 0.583. The Hall–Kier alpha value is -3.19. The number of hydrogen-bond donors (Lipinski definition) is 3. The normalized spacial score (nSPS) is 21.0. The summed E-state index contributed by atoms with van der Waals surface area (Å²) in [5.74, 6) is -0.174. The Morgan fingerprint density at radius 1 is 1.24 bits per heavy atom. The van der Waals surface area contributed by atoms with Gasteiger partial charge in [0.1, 0.15) is 17.8 Å². The molecule has 2 heterocycles. The Morgan fingerprint density at radius 2 is 1.95 bits per heavy atom. The molecule has 2 aliphatic rings.